The average Bonchev–Trinajstić information content (AvgIpc) is 3.23. The molecule has 3 amide bonds. The van der Waals surface area contributed by atoms with E-state index in [0.29, 0.717) is 86.1 Å². The Morgan fingerprint density at radius 3 is 2.07 bits per heavy atom. The number of rotatable bonds is 14. The number of fused-ring (bicyclic) bond motifs is 2. The number of carbonyl (C=O) groups excluding carboxylic acids is 4. The van der Waals surface area contributed by atoms with Crippen LogP contribution in [0, 0.1) is 6.92 Å². The molecule has 9 heteroatoms. The molecular weight excluding hydrogens is 701 g/mol. The Balaban J connectivity index is 1.26. The van der Waals surface area contributed by atoms with Crippen molar-refractivity contribution >= 4 is 67.0 Å². The molecule has 1 aliphatic heterocycles. The van der Waals surface area contributed by atoms with Gasteiger partial charge in [-0.05, 0) is 43.0 Å². The Kier molecular flexibility index (Phi) is 10.2. The number of carbonyl (C=O) groups is 4. The topological polar surface area (TPSA) is 110 Å². The molecule has 0 N–H and O–H groups in total. The highest BCUT2D eigenvalue weighted by atomic mass is 16.5. The van der Waals surface area contributed by atoms with Gasteiger partial charge in [0.15, 0.2) is 0 Å². The first-order valence-electron chi connectivity index (χ1n) is 19.6. The molecule has 0 unspecified atom stereocenters. The first-order chi connectivity index (χ1) is 27.3. The van der Waals surface area contributed by atoms with Crippen molar-refractivity contribution in [3.05, 3.63) is 130 Å². The second-order valence-electron chi connectivity index (χ2n) is 14.8. The zero-order chi connectivity index (χ0) is 38.9. The van der Waals surface area contributed by atoms with E-state index in [1.54, 1.807) is 18.3 Å². The molecule has 0 saturated carbocycles. The molecule has 3 heterocycles. The minimum absolute atomic E-state index is 0.166. The Labute approximate surface area is 325 Å². The summed E-state index contributed by atoms with van der Waals surface area (Å²) in [6.45, 7) is 5.38. The summed E-state index contributed by atoms with van der Waals surface area (Å²) in [4.78, 5) is 69.1. The van der Waals surface area contributed by atoms with Gasteiger partial charge in [-0.25, -0.2) is 4.79 Å². The standard InChI is InChI=1S/C47H44N4O5/c1-4-5-6-7-8-12-24-51-45(53)35-22-20-32-40-38(35)36(46(51)54)26-48-42(40)33-19-21-34(39-37(47(55)56-3)27-49-43(32)41(33)39)44(52)50(25-23-30-13-10-9-11-14-30)28-31-17-15-29(2)16-18-31/h9-11,13-22,26-27H,4-8,12,23-25,28H2,1-3H3. The molecule has 8 rings (SSSR count). The fourth-order valence-corrected chi connectivity index (χ4v) is 8.24. The van der Waals surface area contributed by atoms with Crippen molar-refractivity contribution in [2.75, 3.05) is 20.2 Å². The van der Waals surface area contributed by atoms with Crippen molar-refractivity contribution in [2.45, 2.75) is 65.3 Å². The van der Waals surface area contributed by atoms with E-state index in [1.165, 1.54) is 24.6 Å². The fraction of sp³-hybridized carbons (Fsp3) is 0.277. The van der Waals surface area contributed by atoms with Gasteiger partial charge < -0.3 is 9.64 Å². The third-order valence-electron chi connectivity index (χ3n) is 11.2. The second-order valence-corrected chi connectivity index (χ2v) is 14.8. The maximum atomic E-state index is 14.9. The summed E-state index contributed by atoms with van der Waals surface area (Å²) >= 11 is 0. The first kappa shape index (κ1) is 36.7. The molecule has 0 atom stereocenters. The molecule has 0 spiro atoms. The van der Waals surface area contributed by atoms with Gasteiger partial charge in [0.2, 0.25) is 0 Å². The summed E-state index contributed by atoms with van der Waals surface area (Å²) < 4.78 is 5.25. The van der Waals surface area contributed by atoms with Gasteiger partial charge in [-0.15, -0.1) is 0 Å². The molecule has 0 radical (unpaired) electrons. The largest absolute Gasteiger partial charge is 0.465 e. The van der Waals surface area contributed by atoms with Crippen LogP contribution in [-0.2, 0) is 17.7 Å². The van der Waals surface area contributed by atoms with Crippen LogP contribution in [0.25, 0.3) is 43.4 Å². The molecule has 0 aliphatic carbocycles. The molecule has 7 aromatic rings. The van der Waals surface area contributed by atoms with Crippen molar-refractivity contribution in [2.24, 2.45) is 0 Å². The zero-order valence-corrected chi connectivity index (χ0v) is 32.1. The fourth-order valence-electron chi connectivity index (χ4n) is 8.24. The van der Waals surface area contributed by atoms with Crippen LogP contribution < -0.4 is 0 Å². The lowest BCUT2D eigenvalue weighted by Crippen LogP contribution is -2.41. The number of ether oxygens (including phenoxy) is 1. The molecule has 0 fully saturated rings. The van der Waals surface area contributed by atoms with Gasteiger partial charge >= 0.3 is 5.97 Å². The number of unbranched alkanes of at least 4 members (excludes halogenated alkanes) is 5. The van der Waals surface area contributed by atoms with E-state index < -0.39 is 5.97 Å². The highest BCUT2D eigenvalue weighted by Gasteiger charge is 2.35. The Morgan fingerprint density at radius 1 is 0.679 bits per heavy atom. The summed E-state index contributed by atoms with van der Waals surface area (Å²) in [5, 5.41) is 3.58. The summed E-state index contributed by atoms with van der Waals surface area (Å²) in [7, 11) is 1.31. The number of esters is 1. The minimum Gasteiger partial charge on any atom is -0.465 e. The number of methoxy groups -OCH3 is 1. The molecule has 56 heavy (non-hydrogen) atoms. The third kappa shape index (κ3) is 6.51. The van der Waals surface area contributed by atoms with E-state index in [9.17, 15) is 19.2 Å². The summed E-state index contributed by atoms with van der Waals surface area (Å²) in [6.07, 6.45) is 9.94. The monoisotopic (exact) mass is 744 g/mol. The summed E-state index contributed by atoms with van der Waals surface area (Å²) in [5.41, 5.74) is 5.67. The van der Waals surface area contributed by atoms with Gasteiger partial charge in [-0.1, -0.05) is 111 Å². The lowest BCUT2D eigenvalue weighted by atomic mass is 9.87. The number of hydrogen-bond acceptors (Lipinski definition) is 7. The molecule has 9 nitrogen and oxygen atoms in total. The van der Waals surface area contributed by atoms with Crippen LogP contribution in [0.4, 0.5) is 0 Å². The van der Waals surface area contributed by atoms with Crippen molar-refractivity contribution in [1.82, 2.24) is 19.8 Å². The SMILES string of the molecule is CCCCCCCCN1C(=O)c2ccc3c4ncc(C(=O)OC)c5c(C(=O)N(CCc6ccccc6)Cc6ccc(C)cc6)ccc(c6ncc(c2c36)C1=O)c54. The van der Waals surface area contributed by atoms with E-state index in [2.05, 4.69) is 6.92 Å². The van der Waals surface area contributed by atoms with Gasteiger partial charge in [0.1, 0.15) is 0 Å². The number of aryl methyl sites for hydroxylation is 1. The molecule has 282 valence electrons. The molecule has 2 aromatic heterocycles. The van der Waals surface area contributed by atoms with Crippen molar-refractivity contribution in [1.29, 1.82) is 0 Å². The van der Waals surface area contributed by atoms with E-state index >= 15 is 0 Å². The highest BCUT2D eigenvalue weighted by molar-refractivity contribution is 6.38. The van der Waals surface area contributed by atoms with Gasteiger partial charge in [0.05, 0.1) is 29.3 Å². The molecule has 1 aliphatic rings. The van der Waals surface area contributed by atoms with Crippen LogP contribution >= 0.6 is 0 Å². The van der Waals surface area contributed by atoms with Crippen LogP contribution in [0.3, 0.4) is 0 Å². The number of nitrogens with zero attached hydrogens (tertiary/aromatic N) is 4. The molecule has 0 saturated heterocycles. The van der Waals surface area contributed by atoms with Gasteiger partial charge in [0, 0.05) is 75.5 Å². The van der Waals surface area contributed by atoms with Crippen LogP contribution in [0.15, 0.2) is 91.3 Å². The van der Waals surface area contributed by atoms with E-state index in [4.69, 9.17) is 14.7 Å². The van der Waals surface area contributed by atoms with Crippen molar-refractivity contribution in [3.8, 4) is 0 Å². The number of imide groups is 1. The number of benzene rings is 5. The van der Waals surface area contributed by atoms with Crippen LogP contribution in [0.5, 0.6) is 0 Å². The average molecular weight is 745 g/mol. The number of pyridine rings is 2. The van der Waals surface area contributed by atoms with E-state index in [-0.39, 0.29) is 23.3 Å². The third-order valence-corrected chi connectivity index (χ3v) is 11.2. The number of hydrogen-bond donors (Lipinski definition) is 0. The lowest BCUT2D eigenvalue weighted by molar-refractivity contribution is 0.0592. The Hall–Kier alpha value is -6.22. The second kappa shape index (κ2) is 15.5. The van der Waals surface area contributed by atoms with Gasteiger partial charge in [0.25, 0.3) is 17.7 Å². The van der Waals surface area contributed by atoms with Crippen LogP contribution in [0.2, 0.25) is 0 Å². The Bertz CT molecular complexity index is 2570. The smallest absolute Gasteiger partial charge is 0.340 e. The number of aromatic nitrogens is 2. The van der Waals surface area contributed by atoms with Crippen molar-refractivity contribution in [3.63, 3.8) is 0 Å². The predicted molar refractivity (Wildman–Crippen MR) is 219 cm³/mol. The highest BCUT2D eigenvalue weighted by Crippen LogP contribution is 2.44. The maximum Gasteiger partial charge on any atom is 0.340 e. The van der Waals surface area contributed by atoms with Gasteiger partial charge in [-0.3, -0.25) is 29.3 Å². The zero-order valence-electron chi connectivity index (χ0n) is 32.1. The predicted octanol–water partition coefficient (Wildman–Crippen LogP) is 9.46. The quantitative estimate of drug-likeness (QED) is 0.0359. The summed E-state index contributed by atoms with van der Waals surface area (Å²) in [6, 6.07) is 25.4. The maximum absolute atomic E-state index is 14.9. The normalized spacial score (nSPS) is 12.7. The lowest BCUT2D eigenvalue weighted by Gasteiger charge is -2.28. The Morgan fingerprint density at radius 2 is 1.34 bits per heavy atom. The van der Waals surface area contributed by atoms with Crippen LogP contribution in [0.1, 0.15) is 104 Å². The minimum atomic E-state index is -0.615. The summed E-state index contributed by atoms with van der Waals surface area (Å²) in [5.74, 6) is -1.51. The van der Waals surface area contributed by atoms with E-state index in [1.807, 2.05) is 78.6 Å². The molecule has 0 bridgehead atoms. The first-order valence-corrected chi connectivity index (χ1v) is 19.6. The van der Waals surface area contributed by atoms with Crippen LogP contribution in [-0.4, -0.2) is 63.7 Å². The van der Waals surface area contributed by atoms with Gasteiger partial charge in [-0.2, -0.15) is 0 Å². The number of amides is 3. The molecule has 5 aromatic carbocycles. The van der Waals surface area contributed by atoms with E-state index in [0.717, 1.165) is 48.8 Å². The van der Waals surface area contributed by atoms with Crippen molar-refractivity contribution < 1.29 is 23.9 Å². The molecular formula is C47H44N4O5.